The summed E-state index contributed by atoms with van der Waals surface area (Å²) in [6, 6.07) is 9.27. The Balaban J connectivity index is 2.11. The fourth-order valence-electron chi connectivity index (χ4n) is 2.72. The lowest BCUT2D eigenvalue weighted by atomic mass is 10.0. The first-order valence-corrected chi connectivity index (χ1v) is 8.88. The molecule has 21 heavy (non-hydrogen) atoms. The molecule has 116 valence electrons. The van der Waals surface area contributed by atoms with E-state index in [0.717, 1.165) is 6.42 Å². The topological polar surface area (TPSA) is 0 Å². The first-order chi connectivity index (χ1) is 10.4. The normalized spacial score (nSPS) is 10.5. The summed E-state index contributed by atoms with van der Waals surface area (Å²) in [6.07, 6.45) is 20.6. The summed E-state index contributed by atoms with van der Waals surface area (Å²) in [6.45, 7) is 2.27. The number of unbranched alkanes of at least 4 members (excludes halogenated alkanes) is 8. The summed E-state index contributed by atoms with van der Waals surface area (Å²) >= 11 is 0. The van der Waals surface area contributed by atoms with Crippen molar-refractivity contribution in [2.75, 3.05) is 0 Å². The molecule has 0 N–H and O–H groups in total. The van der Waals surface area contributed by atoms with Crippen LogP contribution in [0.4, 0.5) is 0 Å². The lowest BCUT2D eigenvalue weighted by molar-refractivity contribution is 0.607. The first-order valence-electron chi connectivity index (χ1n) is 8.88. The van der Waals surface area contributed by atoms with E-state index < -0.39 is 0 Å². The Morgan fingerprint density at radius 1 is 0.714 bits per heavy atom. The third-order valence-electron chi connectivity index (χ3n) is 4.13. The average molecular weight is 284 g/mol. The molecule has 0 saturated carbocycles. The van der Waals surface area contributed by atoms with Crippen molar-refractivity contribution in [2.45, 2.75) is 84.0 Å². The van der Waals surface area contributed by atoms with E-state index in [1.165, 1.54) is 81.8 Å². The van der Waals surface area contributed by atoms with Crippen LogP contribution >= 0.6 is 0 Å². The highest BCUT2D eigenvalue weighted by Crippen LogP contribution is 2.13. The molecule has 0 nitrogen and oxygen atoms in total. The van der Waals surface area contributed by atoms with Gasteiger partial charge < -0.3 is 0 Å². The number of hydrogen-bond donors (Lipinski definition) is 0. The summed E-state index contributed by atoms with van der Waals surface area (Å²) in [5, 5.41) is 0. The van der Waals surface area contributed by atoms with E-state index in [0.29, 0.717) is 0 Å². The molecule has 0 spiro atoms. The smallest absolute Gasteiger partial charge is 0.00860 e. The highest BCUT2D eigenvalue weighted by atomic mass is 14.0. The van der Waals surface area contributed by atoms with Gasteiger partial charge in [0.25, 0.3) is 0 Å². The maximum absolute atomic E-state index is 5.26. The van der Waals surface area contributed by atoms with Crippen LogP contribution in [0.2, 0.25) is 0 Å². The average Bonchev–Trinajstić information content (AvgIpc) is 2.52. The van der Waals surface area contributed by atoms with Crippen LogP contribution in [0.1, 0.15) is 82.3 Å². The van der Waals surface area contributed by atoms with Crippen molar-refractivity contribution in [2.24, 2.45) is 0 Å². The number of rotatable bonds is 12. The Kier molecular flexibility index (Phi) is 10.6. The quantitative estimate of drug-likeness (QED) is 0.311. The van der Waals surface area contributed by atoms with Crippen LogP contribution in [0.5, 0.6) is 0 Å². The molecule has 0 aliphatic rings. The van der Waals surface area contributed by atoms with E-state index >= 15 is 0 Å². The molecular formula is C21H32. The third-order valence-corrected chi connectivity index (χ3v) is 4.13. The van der Waals surface area contributed by atoms with Crippen LogP contribution in [0.25, 0.3) is 0 Å². The fraction of sp³-hybridized carbons (Fsp3) is 0.619. The maximum Gasteiger partial charge on any atom is 0.00860 e. The molecule has 0 bridgehead atoms. The molecule has 0 unspecified atom stereocenters. The van der Waals surface area contributed by atoms with Gasteiger partial charge >= 0.3 is 0 Å². The van der Waals surface area contributed by atoms with Gasteiger partial charge in [0.15, 0.2) is 0 Å². The summed E-state index contributed by atoms with van der Waals surface area (Å²) in [4.78, 5) is 0. The zero-order valence-electron chi connectivity index (χ0n) is 13.9. The standard InChI is InChI=1S/C21H32/c1-3-5-7-9-11-13-15-21-18-16-20(17-19-21)14-12-10-8-6-4-2/h2,16-19H,3,5-15H2,1H3. The van der Waals surface area contributed by atoms with Gasteiger partial charge in [0.05, 0.1) is 0 Å². The Bertz CT molecular complexity index is 379. The highest BCUT2D eigenvalue weighted by Gasteiger charge is 1.97. The molecule has 1 aromatic rings. The van der Waals surface area contributed by atoms with Gasteiger partial charge in [-0.05, 0) is 43.2 Å². The molecule has 0 saturated heterocycles. The second-order valence-corrected chi connectivity index (χ2v) is 6.10. The van der Waals surface area contributed by atoms with Crippen LogP contribution in [0.3, 0.4) is 0 Å². The van der Waals surface area contributed by atoms with E-state index in [2.05, 4.69) is 37.1 Å². The van der Waals surface area contributed by atoms with E-state index in [1.807, 2.05) is 0 Å². The SMILES string of the molecule is C#CCCCCCc1ccc(CCCCCCCC)cc1. The van der Waals surface area contributed by atoms with Gasteiger partial charge in [0.2, 0.25) is 0 Å². The molecular weight excluding hydrogens is 252 g/mol. The van der Waals surface area contributed by atoms with E-state index in [-0.39, 0.29) is 0 Å². The molecule has 0 radical (unpaired) electrons. The van der Waals surface area contributed by atoms with Crippen LogP contribution in [0, 0.1) is 12.3 Å². The minimum Gasteiger partial charge on any atom is -0.120 e. The number of benzene rings is 1. The van der Waals surface area contributed by atoms with Crippen LogP contribution < -0.4 is 0 Å². The van der Waals surface area contributed by atoms with Gasteiger partial charge in [0.1, 0.15) is 0 Å². The molecule has 0 amide bonds. The third kappa shape index (κ3) is 9.35. The van der Waals surface area contributed by atoms with E-state index in [1.54, 1.807) is 0 Å². The molecule has 1 aromatic carbocycles. The number of terminal acetylenes is 1. The van der Waals surface area contributed by atoms with Crippen LogP contribution in [-0.4, -0.2) is 0 Å². The fourth-order valence-corrected chi connectivity index (χ4v) is 2.72. The predicted octanol–water partition coefficient (Wildman–Crippen LogP) is 6.33. The Labute approximate surface area is 132 Å². The molecule has 0 fully saturated rings. The van der Waals surface area contributed by atoms with Crippen molar-refractivity contribution in [3.63, 3.8) is 0 Å². The van der Waals surface area contributed by atoms with Gasteiger partial charge in [-0.2, -0.15) is 0 Å². The van der Waals surface area contributed by atoms with Gasteiger partial charge in [-0.3, -0.25) is 0 Å². The molecule has 0 heterocycles. The maximum atomic E-state index is 5.26. The summed E-state index contributed by atoms with van der Waals surface area (Å²) < 4.78 is 0. The van der Waals surface area contributed by atoms with E-state index in [9.17, 15) is 0 Å². The van der Waals surface area contributed by atoms with Gasteiger partial charge in [-0.1, -0.05) is 69.7 Å². The van der Waals surface area contributed by atoms with E-state index in [4.69, 9.17) is 6.42 Å². The van der Waals surface area contributed by atoms with Gasteiger partial charge in [0, 0.05) is 6.42 Å². The monoisotopic (exact) mass is 284 g/mol. The van der Waals surface area contributed by atoms with Crippen molar-refractivity contribution in [1.29, 1.82) is 0 Å². The van der Waals surface area contributed by atoms with Crippen molar-refractivity contribution in [3.05, 3.63) is 35.4 Å². The number of hydrogen-bond acceptors (Lipinski definition) is 0. The minimum absolute atomic E-state index is 0.928. The first kappa shape index (κ1) is 17.8. The van der Waals surface area contributed by atoms with Crippen LogP contribution in [0.15, 0.2) is 24.3 Å². The second-order valence-electron chi connectivity index (χ2n) is 6.10. The van der Waals surface area contributed by atoms with Crippen molar-refractivity contribution in [1.82, 2.24) is 0 Å². The molecule has 0 aliphatic heterocycles. The zero-order chi connectivity index (χ0) is 15.2. The summed E-state index contributed by atoms with van der Waals surface area (Å²) in [7, 11) is 0. The van der Waals surface area contributed by atoms with Crippen molar-refractivity contribution < 1.29 is 0 Å². The largest absolute Gasteiger partial charge is 0.120 e. The lowest BCUT2D eigenvalue weighted by Gasteiger charge is -2.05. The summed E-state index contributed by atoms with van der Waals surface area (Å²) in [5.74, 6) is 2.71. The highest BCUT2D eigenvalue weighted by molar-refractivity contribution is 5.22. The van der Waals surface area contributed by atoms with Crippen molar-refractivity contribution in [3.8, 4) is 12.3 Å². The molecule has 0 aliphatic carbocycles. The Morgan fingerprint density at radius 3 is 1.71 bits per heavy atom. The number of aryl methyl sites for hydroxylation is 2. The van der Waals surface area contributed by atoms with Crippen molar-refractivity contribution >= 4 is 0 Å². The zero-order valence-corrected chi connectivity index (χ0v) is 13.9. The summed E-state index contributed by atoms with van der Waals surface area (Å²) in [5.41, 5.74) is 2.98. The molecule has 0 aromatic heterocycles. The Hall–Kier alpha value is -1.22. The predicted molar refractivity (Wildman–Crippen MR) is 94.5 cm³/mol. The van der Waals surface area contributed by atoms with Crippen LogP contribution in [-0.2, 0) is 12.8 Å². The molecule has 0 heteroatoms. The Morgan fingerprint density at radius 2 is 1.19 bits per heavy atom. The van der Waals surface area contributed by atoms with Gasteiger partial charge in [-0.25, -0.2) is 0 Å². The molecule has 0 atom stereocenters. The van der Waals surface area contributed by atoms with Gasteiger partial charge in [-0.15, -0.1) is 12.3 Å². The second kappa shape index (κ2) is 12.5. The lowest BCUT2D eigenvalue weighted by Crippen LogP contribution is -1.89. The molecule has 1 rings (SSSR count). The minimum atomic E-state index is 0.928.